The van der Waals surface area contributed by atoms with Crippen molar-refractivity contribution < 1.29 is 19.1 Å². The Balaban J connectivity index is 5.61. The van der Waals surface area contributed by atoms with Crippen LogP contribution in [0.1, 0.15) is 81.1 Å². The predicted molar refractivity (Wildman–Crippen MR) is 113 cm³/mol. The summed E-state index contributed by atoms with van der Waals surface area (Å²) in [6, 6.07) is 0. The summed E-state index contributed by atoms with van der Waals surface area (Å²) in [4.78, 5) is 24.0. The van der Waals surface area contributed by atoms with Crippen LogP contribution in [0.2, 0.25) is 0 Å². The third-order valence-electron chi connectivity index (χ3n) is 4.27. The van der Waals surface area contributed by atoms with Crippen molar-refractivity contribution in [2.45, 2.75) is 92.3 Å². The summed E-state index contributed by atoms with van der Waals surface area (Å²) in [6.45, 7) is 16.7. The molecule has 0 aromatic heterocycles. The number of carbonyl (C=O) groups excluding carboxylic acids is 2. The van der Waals surface area contributed by atoms with Crippen LogP contribution in [0, 0.1) is 23.7 Å². The maximum Gasteiger partial charge on any atom is 0.408 e. The van der Waals surface area contributed by atoms with Gasteiger partial charge in [0.2, 0.25) is 0 Å². The monoisotopic (exact) mass is 396 g/mol. The molecule has 0 saturated heterocycles. The topological polar surface area (TPSA) is 76.7 Å². The van der Waals surface area contributed by atoms with Crippen molar-refractivity contribution in [3.63, 3.8) is 0 Å². The van der Waals surface area contributed by atoms with Crippen LogP contribution in [-0.4, -0.2) is 36.5 Å². The Morgan fingerprint density at radius 2 is 1.11 bits per heavy atom. The normalized spacial score (nSPS) is 15.1. The lowest BCUT2D eigenvalue weighted by Crippen LogP contribution is -2.39. The summed E-state index contributed by atoms with van der Waals surface area (Å²) < 4.78 is 11.2. The van der Waals surface area contributed by atoms with Crippen LogP contribution in [-0.2, 0) is 9.47 Å². The van der Waals surface area contributed by atoms with Gasteiger partial charge in [-0.2, -0.15) is 0 Å². The molecule has 0 aliphatic carbocycles. The zero-order chi connectivity index (χ0) is 21.8. The van der Waals surface area contributed by atoms with Gasteiger partial charge in [0.1, 0.15) is 0 Å². The third-order valence-corrected chi connectivity index (χ3v) is 4.27. The smallest absolute Gasteiger partial charge is 0.408 e. The summed E-state index contributed by atoms with van der Waals surface area (Å²) in [7, 11) is 0. The Hall–Kier alpha value is -1.90. The number of hydrogen-bond acceptors (Lipinski definition) is 4. The van der Waals surface area contributed by atoms with Crippen molar-refractivity contribution in [2.75, 3.05) is 13.1 Å². The molecule has 0 radical (unpaired) electrons. The highest BCUT2D eigenvalue weighted by molar-refractivity contribution is 5.68. The van der Waals surface area contributed by atoms with E-state index in [2.05, 4.69) is 50.2 Å². The third kappa shape index (κ3) is 11.7. The number of rotatable bonds is 10. The molecule has 0 aromatic rings. The largest absolute Gasteiger partial charge is 0.430 e. The number of ether oxygens (including phenoxy) is 2. The van der Waals surface area contributed by atoms with Gasteiger partial charge in [-0.3, -0.25) is 0 Å². The van der Waals surface area contributed by atoms with E-state index in [1.165, 1.54) is 0 Å². The van der Waals surface area contributed by atoms with Gasteiger partial charge in [-0.1, -0.05) is 39.5 Å². The summed E-state index contributed by atoms with van der Waals surface area (Å²) in [5.74, 6) is 7.14. The highest BCUT2D eigenvalue weighted by Gasteiger charge is 2.31. The van der Waals surface area contributed by atoms with Crippen molar-refractivity contribution in [1.29, 1.82) is 0 Å². The molecule has 0 saturated carbocycles. The predicted octanol–water partition coefficient (Wildman–Crippen LogP) is 4.87. The van der Waals surface area contributed by atoms with Gasteiger partial charge >= 0.3 is 12.2 Å². The number of amides is 2. The van der Waals surface area contributed by atoms with E-state index < -0.39 is 23.4 Å². The van der Waals surface area contributed by atoms with Crippen LogP contribution in [0.25, 0.3) is 0 Å². The maximum absolute atomic E-state index is 12.0. The Kier molecular flexibility index (Phi) is 11.7. The molecule has 2 amide bonds. The molecule has 6 nitrogen and oxygen atoms in total. The molecule has 6 heteroatoms. The number of hydrogen-bond donors (Lipinski definition) is 2. The Bertz CT molecular complexity index is 504. The van der Waals surface area contributed by atoms with Crippen LogP contribution in [0.15, 0.2) is 0 Å². The van der Waals surface area contributed by atoms with E-state index in [1.54, 1.807) is 0 Å². The molecule has 2 N–H and O–H groups in total. The second-order valence-electron chi connectivity index (χ2n) is 8.42. The fourth-order valence-electron chi connectivity index (χ4n) is 2.44. The highest BCUT2D eigenvalue weighted by Crippen LogP contribution is 2.24. The first-order chi connectivity index (χ1) is 12.9. The molecule has 0 aliphatic heterocycles. The molecule has 2 atom stereocenters. The van der Waals surface area contributed by atoms with Gasteiger partial charge < -0.3 is 20.1 Å². The lowest BCUT2D eigenvalue weighted by atomic mass is 9.91. The van der Waals surface area contributed by atoms with Crippen LogP contribution in [0.3, 0.4) is 0 Å². The zero-order valence-corrected chi connectivity index (χ0v) is 19.0. The van der Waals surface area contributed by atoms with Crippen molar-refractivity contribution in [3.05, 3.63) is 0 Å². The fourth-order valence-corrected chi connectivity index (χ4v) is 2.44. The number of carbonyl (C=O) groups is 2. The Morgan fingerprint density at radius 1 is 0.786 bits per heavy atom. The van der Waals surface area contributed by atoms with Gasteiger partial charge in [-0.25, -0.2) is 9.59 Å². The second-order valence-corrected chi connectivity index (χ2v) is 8.42. The second kappa shape index (κ2) is 12.5. The van der Waals surface area contributed by atoms with E-state index in [0.717, 1.165) is 12.8 Å². The molecule has 162 valence electrons. The Morgan fingerprint density at radius 3 is 1.36 bits per heavy atom. The molecule has 0 spiro atoms. The summed E-state index contributed by atoms with van der Waals surface area (Å²) in [5, 5.41) is 5.30. The van der Waals surface area contributed by atoms with Gasteiger partial charge in [0.05, 0.1) is 0 Å². The number of nitrogens with one attached hydrogen (secondary N) is 2. The summed E-state index contributed by atoms with van der Waals surface area (Å²) in [5.41, 5.74) is -1.90. The fraction of sp³-hybridized carbons (Fsp3) is 0.818. The molecular formula is C22H40N2O4. The van der Waals surface area contributed by atoms with E-state index in [1.807, 2.05) is 27.7 Å². The molecule has 0 aromatic carbocycles. The quantitative estimate of drug-likeness (QED) is 0.516. The first kappa shape index (κ1) is 26.1. The van der Waals surface area contributed by atoms with Gasteiger partial charge in [-0.15, -0.1) is 0 Å². The zero-order valence-electron chi connectivity index (χ0n) is 19.0. The average molecular weight is 397 g/mol. The van der Waals surface area contributed by atoms with Crippen LogP contribution >= 0.6 is 0 Å². The molecule has 0 fully saturated rings. The van der Waals surface area contributed by atoms with E-state index >= 15 is 0 Å². The standard InChI is InChI=1S/C22H40N2O4/c1-9-23-19(25)27-21(7,13-11-17(3)4)15-16-22(8,14-12-18(5)6)28-20(26)24-10-2/h17-18H,9-14H2,1-8H3,(H,23,25)(H,24,26). The van der Waals surface area contributed by atoms with Crippen molar-refractivity contribution in [2.24, 2.45) is 11.8 Å². The minimum absolute atomic E-state index is 0.456. The summed E-state index contributed by atoms with van der Waals surface area (Å²) in [6.07, 6.45) is 1.97. The summed E-state index contributed by atoms with van der Waals surface area (Å²) >= 11 is 0. The molecule has 28 heavy (non-hydrogen) atoms. The van der Waals surface area contributed by atoms with Crippen molar-refractivity contribution >= 4 is 12.2 Å². The van der Waals surface area contributed by atoms with Crippen LogP contribution in [0.4, 0.5) is 9.59 Å². The van der Waals surface area contributed by atoms with E-state index in [0.29, 0.717) is 37.8 Å². The molecule has 0 rings (SSSR count). The molecule has 0 aliphatic rings. The highest BCUT2D eigenvalue weighted by atomic mass is 16.6. The van der Waals surface area contributed by atoms with Gasteiger partial charge in [0, 0.05) is 13.1 Å². The van der Waals surface area contributed by atoms with E-state index in [4.69, 9.17) is 9.47 Å². The van der Waals surface area contributed by atoms with Gasteiger partial charge in [0.15, 0.2) is 11.2 Å². The van der Waals surface area contributed by atoms with Gasteiger partial charge in [0.25, 0.3) is 0 Å². The minimum atomic E-state index is -0.951. The van der Waals surface area contributed by atoms with Crippen molar-refractivity contribution in [1.82, 2.24) is 10.6 Å². The average Bonchev–Trinajstić information content (AvgIpc) is 2.57. The van der Waals surface area contributed by atoms with Crippen LogP contribution < -0.4 is 10.6 Å². The van der Waals surface area contributed by atoms with Crippen molar-refractivity contribution in [3.8, 4) is 11.8 Å². The molecule has 0 bridgehead atoms. The SMILES string of the molecule is CCNC(=O)OC(C)(C#CC(C)(CCC(C)C)OC(=O)NCC)CCC(C)C. The first-order valence-electron chi connectivity index (χ1n) is 10.4. The number of alkyl carbamates (subject to hydrolysis) is 2. The lowest BCUT2D eigenvalue weighted by molar-refractivity contribution is 0.0486. The van der Waals surface area contributed by atoms with Crippen LogP contribution in [0.5, 0.6) is 0 Å². The molecular weight excluding hydrogens is 356 g/mol. The first-order valence-corrected chi connectivity index (χ1v) is 10.4. The lowest BCUT2D eigenvalue weighted by Gasteiger charge is -2.28. The minimum Gasteiger partial charge on any atom is -0.430 e. The maximum atomic E-state index is 12.0. The van der Waals surface area contributed by atoms with Gasteiger partial charge in [-0.05, 0) is 65.2 Å². The molecule has 2 unspecified atom stereocenters. The Labute approximate surface area is 171 Å². The molecule has 0 heterocycles. The van der Waals surface area contributed by atoms with E-state index in [-0.39, 0.29) is 0 Å². The van der Waals surface area contributed by atoms with E-state index in [9.17, 15) is 9.59 Å².